The Bertz CT molecular complexity index is 2220. The van der Waals surface area contributed by atoms with Crippen LogP contribution >= 0.6 is 0 Å². The lowest BCUT2D eigenvalue weighted by Crippen LogP contribution is -2.05. The molecule has 0 amide bonds. The highest BCUT2D eigenvalue weighted by Crippen LogP contribution is 2.38. The van der Waals surface area contributed by atoms with E-state index in [1.807, 2.05) is 33.4 Å². The second-order valence-electron chi connectivity index (χ2n) is 9.71. The third kappa shape index (κ3) is 3.33. The van der Waals surface area contributed by atoms with Crippen LogP contribution in [0.4, 0.5) is 0 Å². The molecule has 0 unspecified atom stereocenters. The predicted octanol–water partition coefficient (Wildman–Crippen LogP) is 6.63. The number of rotatable bonds is 2. The highest BCUT2D eigenvalue weighted by molar-refractivity contribution is 6.11. The van der Waals surface area contributed by atoms with Crippen LogP contribution in [0, 0.1) is 56.7 Å². The van der Waals surface area contributed by atoms with Crippen molar-refractivity contribution in [1.82, 2.24) is 14.1 Å². The van der Waals surface area contributed by atoms with Gasteiger partial charge in [0.05, 0.1) is 92.4 Å². The lowest BCUT2D eigenvalue weighted by molar-refractivity contribution is 1.07. The fourth-order valence-corrected chi connectivity index (χ4v) is 5.74. The van der Waals surface area contributed by atoms with Gasteiger partial charge in [0, 0.05) is 21.5 Å². The molecule has 4 aromatic carbocycles. The highest BCUT2D eigenvalue weighted by Gasteiger charge is 2.22. The van der Waals surface area contributed by atoms with Gasteiger partial charge < -0.3 is 9.13 Å². The molecule has 7 rings (SSSR count). The van der Waals surface area contributed by atoms with Gasteiger partial charge in [0.25, 0.3) is 0 Å². The van der Waals surface area contributed by atoms with Crippen LogP contribution in [0.5, 0.6) is 0 Å². The molecule has 0 aliphatic heterocycles. The van der Waals surface area contributed by atoms with Gasteiger partial charge in [-0.15, -0.1) is 0 Å². The van der Waals surface area contributed by atoms with E-state index < -0.39 is 0 Å². The van der Waals surface area contributed by atoms with E-state index in [1.165, 1.54) is 0 Å². The molecule has 8 heteroatoms. The quantitative estimate of drug-likeness (QED) is 0.243. The fourth-order valence-electron chi connectivity index (χ4n) is 5.74. The fraction of sp³-hybridized carbons (Fsp3) is 0. The smallest absolute Gasteiger partial charge is 0.104 e. The molecule has 0 fully saturated rings. The molecule has 7 aromatic rings. The van der Waals surface area contributed by atoms with Crippen molar-refractivity contribution >= 4 is 43.6 Å². The van der Waals surface area contributed by atoms with Crippen LogP contribution in [0.1, 0.15) is 27.8 Å². The van der Waals surface area contributed by atoms with Crippen LogP contribution in [0.15, 0.2) is 85.2 Å². The topological polar surface area (TPSA) is 142 Å². The van der Waals surface area contributed by atoms with Gasteiger partial charge in [-0.3, -0.25) is 4.98 Å². The van der Waals surface area contributed by atoms with Gasteiger partial charge in [-0.05, 0) is 72.8 Å². The molecule has 0 aliphatic rings. The van der Waals surface area contributed by atoms with Gasteiger partial charge in [0.1, 0.15) is 11.6 Å². The predicted molar refractivity (Wildman–Crippen MR) is 156 cm³/mol. The molecule has 0 aliphatic carbocycles. The van der Waals surface area contributed by atoms with Gasteiger partial charge in [0.2, 0.25) is 0 Å². The highest BCUT2D eigenvalue weighted by atomic mass is 15.0. The molecule has 190 valence electrons. The van der Waals surface area contributed by atoms with E-state index in [0.717, 1.165) is 43.6 Å². The van der Waals surface area contributed by atoms with E-state index in [4.69, 9.17) is 0 Å². The summed E-state index contributed by atoms with van der Waals surface area (Å²) in [6, 6.07) is 32.5. The summed E-state index contributed by atoms with van der Waals surface area (Å²) in [5, 5.41) is 52.0. The first-order chi connectivity index (χ1) is 20.6. The Labute approximate surface area is 238 Å². The van der Waals surface area contributed by atoms with Gasteiger partial charge in [-0.25, -0.2) is 0 Å². The number of hydrogen-bond donors (Lipinski definition) is 0. The second kappa shape index (κ2) is 9.08. The van der Waals surface area contributed by atoms with E-state index in [0.29, 0.717) is 39.2 Å². The Kier molecular flexibility index (Phi) is 5.22. The summed E-state index contributed by atoms with van der Waals surface area (Å²) in [6.07, 6.45) is 3.26. The Hall–Kier alpha value is -6.92. The monoisotopic (exact) mass is 534 g/mol. The standard InChI is InChI=1S/C34H14N8/c35-13-20-1-5-29-24(9-20)25-10-21(14-36)2-6-30(25)41(29)33-18-40-19-34(28(33)17-39)42-31-7-3-22(15-37)11-26(31)27-12-23(16-38)4-8-32(27)42/h1-12,18-19H. The van der Waals surface area contributed by atoms with Gasteiger partial charge in [-0.2, -0.15) is 26.3 Å². The first kappa shape index (κ1) is 24.1. The van der Waals surface area contributed by atoms with Crippen molar-refractivity contribution < 1.29 is 0 Å². The van der Waals surface area contributed by atoms with Gasteiger partial charge in [0.15, 0.2) is 0 Å². The Morgan fingerprint density at radius 2 is 0.738 bits per heavy atom. The number of pyridine rings is 1. The zero-order valence-electron chi connectivity index (χ0n) is 21.7. The normalized spacial score (nSPS) is 10.7. The SMILES string of the molecule is N#Cc1ccc2c(c1)c1cc(C#N)ccc1n2-c1cncc(-n2c3ccc(C#N)cc3c3cc(C#N)ccc32)c1C#N. The summed E-state index contributed by atoms with van der Waals surface area (Å²) in [7, 11) is 0. The molecule has 0 bridgehead atoms. The zero-order chi connectivity index (χ0) is 29.0. The Morgan fingerprint density at radius 3 is 1.00 bits per heavy atom. The lowest BCUT2D eigenvalue weighted by Gasteiger charge is -2.15. The third-order valence-corrected chi connectivity index (χ3v) is 7.55. The summed E-state index contributed by atoms with van der Waals surface area (Å²) >= 11 is 0. The Balaban J connectivity index is 1.60. The van der Waals surface area contributed by atoms with Crippen LogP contribution in [0.3, 0.4) is 0 Å². The van der Waals surface area contributed by atoms with E-state index >= 15 is 0 Å². The number of benzene rings is 4. The van der Waals surface area contributed by atoms with Crippen molar-refractivity contribution in [2.75, 3.05) is 0 Å². The summed E-state index contributed by atoms with van der Waals surface area (Å²) < 4.78 is 3.86. The summed E-state index contributed by atoms with van der Waals surface area (Å²) in [5.41, 5.74) is 6.37. The molecule has 0 saturated carbocycles. The van der Waals surface area contributed by atoms with Gasteiger partial charge >= 0.3 is 0 Å². The third-order valence-electron chi connectivity index (χ3n) is 7.55. The van der Waals surface area contributed by atoms with Crippen LogP contribution in [-0.2, 0) is 0 Å². The second-order valence-corrected chi connectivity index (χ2v) is 9.71. The maximum Gasteiger partial charge on any atom is 0.104 e. The van der Waals surface area contributed by atoms with E-state index in [1.54, 1.807) is 60.9 Å². The van der Waals surface area contributed by atoms with Gasteiger partial charge in [-0.1, -0.05) is 0 Å². The molecule has 3 aromatic heterocycles. The number of hydrogen-bond acceptors (Lipinski definition) is 6. The molecule has 0 N–H and O–H groups in total. The molecule has 8 nitrogen and oxygen atoms in total. The first-order valence-corrected chi connectivity index (χ1v) is 12.8. The minimum atomic E-state index is 0.352. The van der Waals surface area contributed by atoms with Crippen molar-refractivity contribution in [3.8, 4) is 41.7 Å². The minimum absolute atomic E-state index is 0.352. The number of aromatic nitrogens is 3. The molecule has 0 radical (unpaired) electrons. The average Bonchev–Trinajstić information content (AvgIpc) is 3.54. The molecule has 0 spiro atoms. The lowest BCUT2D eigenvalue weighted by atomic mass is 10.1. The summed E-state index contributed by atoms with van der Waals surface area (Å²) in [5.74, 6) is 0. The molecule has 42 heavy (non-hydrogen) atoms. The van der Waals surface area contributed by atoms with Crippen molar-refractivity contribution in [1.29, 1.82) is 26.3 Å². The number of fused-ring (bicyclic) bond motifs is 6. The van der Waals surface area contributed by atoms with Crippen molar-refractivity contribution in [3.63, 3.8) is 0 Å². The molecular weight excluding hydrogens is 520 g/mol. The Morgan fingerprint density at radius 1 is 0.429 bits per heavy atom. The van der Waals surface area contributed by atoms with Crippen LogP contribution in [0.25, 0.3) is 55.0 Å². The zero-order valence-corrected chi connectivity index (χ0v) is 21.7. The molecular formula is C34H14N8. The molecule has 0 saturated heterocycles. The largest absolute Gasteiger partial charge is 0.306 e. The average molecular weight is 535 g/mol. The van der Waals surface area contributed by atoms with Crippen LogP contribution < -0.4 is 0 Å². The van der Waals surface area contributed by atoms with Crippen LogP contribution in [0.2, 0.25) is 0 Å². The summed E-state index contributed by atoms with van der Waals surface area (Å²) in [6.45, 7) is 0. The maximum absolute atomic E-state index is 10.6. The number of nitrogens with zero attached hydrogens (tertiary/aromatic N) is 8. The first-order valence-electron chi connectivity index (χ1n) is 12.8. The van der Waals surface area contributed by atoms with E-state index in [9.17, 15) is 26.3 Å². The van der Waals surface area contributed by atoms with Crippen molar-refractivity contribution in [3.05, 3.63) is 113 Å². The van der Waals surface area contributed by atoms with E-state index in [-0.39, 0.29) is 0 Å². The minimum Gasteiger partial charge on any atom is -0.306 e. The number of nitriles is 5. The van der Waals surface area contributed by atoms with E-state index in [2.05, 4.69) is 35.3 Å². The molecule has 3 heterocycles. The van der Waals surface area contributed by atoms with Crippen molar-refractivity contribution in [2.45, 2.75) is 0 Å². The van der Waals surface area contributed by atoms with Crippen molar-refractivity contribution in [2.24, 2.45) is 0 Å². The summed E-state index contributed by atoms with van der Waals surface area (Å²) in [4.78, 5) is 4.57. The van der Waals surface area contributed by atoms with Crippen LogP contribution in [-0.4, -0.2) is 14.1 Å². The molecule has 0 atom stereocenters. The maximum atomic E-state index is 10.6.